The predicted molar refractivity (Wildman–Crippen MR) is 96.0 cm³/mol. The van der Waals surface area contributed by atoms with E-state index in [0.717, 1.165) is 12.8 Å². The molecule has 0 radical (unpaired) electrons. The molecular weight excluding hydrogens is 272 g/mol. The average molecular weight is 309 g/mol. The highest BCUT2D eigenvalue weighted by Crippen LogP contribution is 2.08. The summed E-state index contributed by atoms with van der Waals surface area (Å²) in [5.41, 5.74) is 0. The first-order valence-corrected chi connectivity index (χ1v) is 9.20. The molecule has 0 heterocycles. The van der Waals surface area contributed by atoms with Crippen molar-refractivity contribution in [3.8, 4) is 0 Å². The molecule has 0 amide bonds. The van der Waals surface area contributed by atoms with Crippen LogP contribution in [0.15, 0.2) is 24.3 Å². The number of hydrogen-bond acceptors (Lipinski definition) is 2. The van der Waals surface area contributed by atoms with Gasteiger partial charge in [0.2, 0.25) is 0 Å². The van der Waals surface area contributed by atoms with Crippen LogP contribution in [0.3, 0.4) is 0 Å². The summed E-state index contributed by atoms with van der Waals surface area (Å²) in [6.07, 6.45) is 24.1. The minimum Gasteiger partial charge on any atom is -0.466 e. The van der Waals surface area contributed by atoms with Gasteiger partial charge in [0.25, 0.3) is 0 Å². The fourth-order valence-electron chi connectivity index (χ4n) is 2.31. The Morgan fingerprint density at radius 2 is 1.32 bits per heavy atom. The summed E-state index contributed by atoms with van der Waals surface area (Å²) < 4.78 is 4.91. The van der Waals surface area contributed by atoms with Crippen molar-refractivity contribution in [2.24, 2.45) is 0 Å². The lowest BCUT2D eigenvalue weighted by atomic mass is 10.1. The van der Waals surface area contributed by atoms with Crippen molar-refractivity contribution in [1.82, 2.24) is 0 Å². The van der Waals surface area contributed by atoms with Crippen molar-refractivity contribution in [1.29, 1.82) is 0 Å². The molecule has 0 bridgehead atoms. The molecule has 22 heavy (non-hydrogen) atoms. The first kappa shape index (κ1) is 20.9. The van der Waals surface area contributed by atoms with Crippen LogP contribution in [0.1, 0.15) is 90.9 Å². The standard InChI is InChI=1S/C20H36O2/c1-3-4-5-6-7-8-9-10-11-12-13-14-15-16-17-18-19-22-20(2)21/h7-8,10-11H,3-6,9,12-19H2,1-2H3/b8-7-,11-10-. The Kier molecular flexibility index (Phi) is 17.1. The van der Waals surface area contributed by atoms with Gasteiger partial charge in [0, 0.05) is 6.92 Å². The molecule has 0 aromatic rings. The number of ether oxygens (including phenoxy) is 1. The quantitative estimate of drug-likeness (QED) is 0.200. The molecule has 2 heteroatoms. The summed E-state index contributed by atoms with van der Waals surface area (Å²) in [5, 5.41) is 0. The minimum atomic E-state index is -0.164. The van der Waals surface area contributed by atoms with Crippen LogP contribution in [0.2, 0.25) is 0 Å². The van der Waals surface area contributed by atoms with Crippen LogP contribution in [0.5, 0.6) is 0 Å². The Hall–Kier alpha value is -1.05. The molecule has 0 aliphatic carbocycles. The second kappa shape index (κ2) is 18.0. The number of allylic oxidation sites excluding steroid dienone is 4. The first-order chi connectivity index (χ1) is 10.8. The molecule has 0 rings (SSSR count). The molecule has 0 unspecified atom stereocenters. The van der Waals surface area contributed by atoms with Crippen molar-refractivity contribution in [2.45, 2.75) is 90.9 Å². The Balaban J connectivity index is 3.15. The zero-order chi connectivity index (χ0) is 16.3. The lowest BCUT2D eigenvalue weighted by Crippen LogP contribution is -1.99. The number of hydrogen-bond donors (Lipinski definition) is 0. The van der Waals surface area contributed by atoms with Gasteiger partial charge in [0.1, 0.15) is 0 Å². The fourth-order valence-corrected chi connectivity index (χ4v) is 2.31. The van der Waals surface area contributed by atoms with Crippen LogP contribution >= 0.6 is 0 Å². The average Bonchev–Trinajstić information content (AvgIpc) is 2.50. The molecule has 0 aliphatic heterocycles. The largest absolute Gasteiger partial charge is 0.466 e. The van der Waals surface area contributed by atoms with Crippen molar-refractivity contribution < 1.29 is 9.53 Å². The maximum atomic E-state index is 10.6. The van der Waals surface area contributed by atoms with Gasteiger partial charge in [-0.2, -0.15) is 0 Å². The summed E-state index contributed by atoms with van der Waals surface area (Å²) in [7, 11) is 0. The van der Waals surface area contributed by atoms with Crippen LogP contribution < -0.4 is 0 Å². The van der Waals surface area contributed by atoms with Crippen LogP contribution in [-0.2, 0) is 9.53 Å². The topological polar surface area (TPSA) is 26.3 Å². The van der Waals surface area contributed by atoms with E-state index in [1.807, 2.05) is 0 Å². The lowest BCUT2D eigenvalue weighted by Gasteiger charge is -2.02. The van der Waals surface area contributed by atoms with Gasteiger partial charge in [-0.05, 0) is 38.5 Å². The third kappa shape index (κ3) is 18.9. The van der Waals surface area contributed by atoms with Gasteiger partial charge in [-0.1, -0.05) is 69.8 Å². The van der Waals surface area contributed by atoms with Gasteiger partial charge in [0.05, 0.1) is 6.61 Å². The summed E-state index contributed by atoms with van der Waals surface area (Å²) in [6, 6.07) is 0. The maximum Gasteiger partial charge on any atom is 0.302 e. The molecular formula is C20H36O2. The van der Waals surface area contributed by atoms with Crippen molar-refractivity contribution in [3.05, 3.63) is 24.3 Å². The van der Waals surface area contributed by atoms with Gasteiger partial charge in [-0.3, -0.25) is 4.79 Å². The Labute approximate surface area is 138 Å². The molecule has 0 aliphatic rings. The van der Waals surface area contributed by atoms with Crippen LogP contribution in [0.4, 0.5) is 0 Å². The predicted octanol–water partition coefficient (Wildman–Crippen LogP) is 6.36. The number of carbonyl (C=O) groups excluding carboxylic acids is 1. The molecule has 0 spiro atoms. The summed E-state index contributed by atoms with van der Waals surface area (Å²) in [4.78, 5) is 10.6. The summed E-state index contributed by atoms with van der Waals surface area (Å²) in [6.45, 7) is 4.30. The minimum absolute atomic E-state index is 0.164. The van der Waals surface area contributed by atoms with Crippen LogP contribution in [0, 0.1) is 0 Å². The molecule has 0 saturated carbocycles. The summed E-state index contributed by atoms with van der Waals surface area (Å²) >= 11 is 0. The van der Waals surface area contributed by atoms with E-state index < -0.39 is 0 Å². The van der Waals surface area contributed by atoms with Gasteiger partial charge < -0.3 is 4.74 Å². The maximum absolute atomic E-state index is 10.6. The molecule has 0 fully saturated rings. The van der Waals surface area contributed by atoms with E-state index >= 15 is 0 Å². The third-order valence-electron chi connectivity index (χ3n) is 3.65. The van der Waals surface area contributed by atoms with E-state index in [1.165, 1.54) is 71.1 Å². The number of carbonyl (C=O) groups is 1. The van der Waals surface area contributed by atoms with E-state index in [2.05, 4.69) is 31.2 Å². The molecule has 0 aromatic carbocycles. The van der Waals surface area contributed by atoms with E-state index in [-0.39, 0.29) is 5.97 Å². The highest BCUT2D eigenvalue weighted by atomic mass is 16.5. The normalized spacial score (nSPS) is 11.5. The molecule has 0 N–H and O–H groups in total. The molecule has 128 valence electrons. The Morgan fingerprint density at radius 3 is 1.91 bits per heavy atom. The molecule has 0 aromatic heterocycles. The van der Waals surface area contributed by atoms with Gasteiger partial charge in [-0.25, -0.2) is 0 Å². The van der Waals surface area contributed by atoms with E-state index in [9.17, 15) is 4.79 Å². The van der Waals surface area contributed by atoms with E-state index in [1.54, 1.807) is 0 Å². The smallest absolute Gasteiger partial charge is 0.302 e. The van der Waals surface area contributed by atoms with Crippen LogP contribution in [0.25, 0.3) is 0 Å². The number of unbranched alkanes of at least 4 members (excludes halogenated alkanes) is 9. The number of rotatable bonds is 15. The van der Waals surface area contributed by atoms with Crippen molar-refractivity contribution in [2.75, 3.05) is 6.61 Å². The highest BCUT2D eigenvalue weighted by Gasteiger charge is 1.93. The fraction of sp³-hybridized carbons (Fsp3) is 0.750. The SMILES string of the molecule is CCCCC/C=C\C/C=C\CCCCCCCCOC(C)=O. The highest BCUT2D eigenvalue weighted by molar-refractivity contribution is 5.65. The molecule has 0 atom stereocenters. The Morgan fingerprint density at radius 1 is 0.773 bits per heavy atom. The van der Waals surface area contributed by atoms with Gasteiger partial charge in [0.15, 0.2) is 0 Å². The summed E-state index contributed by atoms with van der Waals surface area (Å²) in [5.74, 6) is -0.164. The zero-order valence-electron chi connectivity index (χ0n) is 14.8. The second-order valence-corrected chi connectivity index (χ2v) is 5.92. The Bertz CT molecular complexity index is 292. The lowest BCUT2D eigenvalue weighted by molar-refractivity contribution is -0.141. The monoisotopic (exact) mass is 308 g/mol. The van der Waals surface area contributed by atoms with Crippen molar-refractivity contribution >= 4 is 5.97 Å². The molecule has 2 nitrogen and oxygen atoms in total. The number of esters is 1. The molecule has 0 saturated heterocycles. The van der Waals surface area contributed by atoms with Crippen LogP contribution in [-0.4, -0.2) is 12.6 Å². The zero-order valence-corrected chi connectivity index (χ0v) is 14.8. The van der Waals surface area contributed by atoms with Crippen molar-refractivity contribution in [3.63, 3.8) is 0 Å². The van der Waals surface area contributed by atoms with Gasteiger partial charge in [-0.15, -0.1) is 0 Å². The first-order valence-electron chi connectivity index (χ1n) is 9.20. The van der Waals surface area contributed by atoms with E-state index in [0.29, 0.717) is 6.61 Å². The second-order valence-electron chi connectivity index (χ2n) is 5.92. The van der Waals surface area contributed by atoms with E-state index in [4.69, 9.17) is 4.74 Å². The third-order valence-corrected chi connectivity index (χ3v) is 3.65. The van der Waals surface area contributed by atoms with Gasteiger partial charge >= 0.3 is 5.97 Å².